The number of imidazole rings is 1. The van der Waals surface area contributed by atoms with Crippen molar-refractivity contribution in [1.29, 1.82) is 0 Å². The summed E-state index contributed by atoms with van der Waals surface area (Å²) in [5.74, 6) is 0.0332. The van der Waals surface area contributed by atoms with Crippen LogP contribution >= 0.6 is 0 Å². The highest BCUT2D eigenvalue weighted by Crippen LogP contribution is 2.26. The van der Waals surface area contributed by atoms with Crippen LogP contribution in [-0.2, 0) is 20.7 Å². The Kier molecular flexibility index (Phi) is 10.4. The van der Waals surface area contributed by atoms with E-state index in [1.807, 2.05) is 48.0 Å². The number of hydrogen-bond acceptors (Lipinski definition) is 7. The standard InChI is InChI=1S/C32H43N7O4/c1-3-33-23(2)29(40)36-28(25-13-19-43-20-14-25)31(42)39-17-7-11-26(39)21-37(18-12-24-9-5-4-6-10-24)30(41)27-22-38-16-8-15-34-32(38)35-27/h4-6,8-10,15-16,22-23,25-26,28,33H,3,7,11-14,17-21H2,1-2H3,(H,36,40)/t23-,26-,28-/m0/s1. The minimum Gasteiger partial charge on any atom is -0.381 e. The van der Waals surface area contributed by atoms with E-state index in [1.54, 1.807) is 22.9 Å². The zero-order valence-corrected chi connectivity index (χ0v) is 25.2. The Labute approximate surface area is 253 Å². The van der Waals surface area contributed by atoms with Gasteiger partial charge in [-0.25, -0.2) is 9.97 Å². The first-order valence-electron chi connectivity index (χ1n) is 15.5. The van der Waals surface area contributed by atoms with Crippen LogP contribution in [0, 0.1) is 5.92 Å². The van der Waals surface area contributed by atoms with E-state index in [2.05, 4.69) is 32.7 Å². The number of ether oxygens (including phenoxy) is 1. The molecule has 2 aliphatic rings. The second kappa shape index (κ2) is 14.6. The predicted molar refractivity (Wildman–Crippen MR) is 162 cm³/mol. The van der Waals surface area contributed by atoms with E-state index in [0.717, 1.165) is 18.4 Å². The summed E-state index contributed by atoms with van der Waals surface area (Å²) in [6, 6.07) is 10.7. The molecule has 0 spiro atoms. The molecule has 0 radical (unpaired) electrons. The van der Waals surface area contributed by atoms with Crippen LogP contribution in [0.4, 0.5) is 0 Å². The van der Waals surface area contributed by atoms with Gasteiger partial charge < -0.3 is 25.2 Å². The van der Waals surface area contributed by atoms with Crippen molar-refractivity contribution < 1.29 is 19.1 Å². The first-order valence-corrected chi connectivity index (χ1v) is 15.5. The van der Waals surface area contributed by atoms with Crippen molar-refractivity contribution in [3.05, 3.63) is 66.2 Å². The van der Waals surface area contributed by atoms with Crippen LogP contribution in [0.25, 0.3) is 5.78 Å². The molecule has 4 heterocycles. The monoisotopic (exact) mass is 589 g/mol. The molecule has 230 valence electrons. The molecule has 0 saturated carbocycles. The zero-order chi connectivity index (χ0) is 30.2. The van der Waals surface area contributed by atoms with Gasteiger partial charge >= 0.3 is 0 Å². The molecule has 5 rings (SSSR count). The first-order chi connectivity index (χ1) is 20.9. The molecule has 11 heteroatoms. The number of rotatable bonds is 12. The van der Waals surface area contributed by atoms with E-state index in [0.29, 0.717) is 70.1 Å². The number of nitrogens with one attached hydrogen (secondary N) is 2. The Morgan fingerprint density at radius 1 is 1.12 bits per heavy atom. The van der Waals surface area contributed by atoms with Crippen LogP contribution in [0.5, 0.6) is 0 Å². The summed E-state index contributed by atoms with van der Waals surface area (Å²) in [7, 11) is 0. The highest BCUT2D eigenvalue weighted by Gasteiger charge is 2.40. The van der Waals surface area contributed by atoms with Crippen LogP contribution in [0.2, 0.25) is 0 Å². The van der Waals surface area contributed by atoms with Gasteiger partial charge in [0.25, 0.3) is 5.91 Å². The molecule has 43 heavy (non-hydrogen) atoms. The lowest BCUT2D eigenvalue weighted by Gasteiger charge is -2.36. The van der Waals surface area contributed by atoms with Gasteiger partial charge in [0, 0.05) is 57.5 Å². The lowest BCUT2D eigenvalue weighted by molar-refractivity contribution is -0.140. The van der Waals surface area contributed by atoms with E-state index in [9.17, 15) is 14.4 Å². The fourth-order valence-electron chi connectivity index (χ4n) is 6.14. The Morgan fingerprint density at radius 3 is 2.65 bits per heavy atom. The van der Waals surface area contributed by atoms with E-state index in [1.165, 1.54) is 0 Å². The maximum atomic E-state index is 14.2. The van der Waals surface area contributed by atoms with E-state index in [-0.39, 0.29) is 29.7 Å². The number of benzene rings is 1. The highest BCUT2D eigenvalue weighted by atomic mass is 16.5. The number of aromatic nitrogens is 3. The topological polar surface area (TPSA) is 121 Å². The Bertz CT molecular complexity index is 1340. The van der Waals surface area contributed by atoms with E-state index < -0.39 is 12.1 Å². The molecule has 11 nitrogen and oxygen atoms in total. The van der Waals surface area contributed by atoms with Crippen LogP contribution in [0.1, 0.15) is 55.6 Å². The predicted octanol–water partition coefficient (Wildman–Crippen LogP) is 2.31. The maximum Gasteiger partial charge on any atom is 0.274 e. The molecule has 2 N–H and O–H groups in total. The molecule has 0 aliphatic carbocycles. The summed E-state index contributed by atoms with van der Waals surface area (Å²) < 4.78 is 7.31. The molecule has 1 aromatic carbocycles. The first kappa shape index (κ1) is 30.6. The fraction of sp³-hybridized carbons (Fsp3) is 0.531. The van der Waals surface area contributed by atoms with Gasteiger partial charge in [-0.3, -0.25) is 18.8 Å². The average Bonchev–Trinajstić information content (AvgIpc) is 3.69. The van der Waals surface area contributed by atoms with Crippen molar-refractivity contribution in [3.8, 4) is 0 Å². The summed E-state index contributed by atoms with van der Waals surface area (Å²) in [4.78, 5) is 53.6. The third-order valence-electron chi connectivity index (χ3n) is 8.55. The normalized spacial score (nSPS) is 18.8. The van der Waals surface area contributed by atoms with Crippen LogP contribution in [0.15, 0.2) is 55.0 Å². The van der Waals surface area contributed by atoms with E-state index >= 15 is 0 Å². The second-order valence-corrected chi connectivity index (χ2v) is 11.5. The third kappa shape index (κ3) is 7.58. The number of hydrogen-bond donors (Lipinski definition) is 2. The SMILES string of the molecule is CCN[C@@H](C)C(=O)N[C@H](C(=O)N1CCC[C@H]1CN(CCc1ccccc1)C(=O)c1cn2cccnc2n1)C1CCOCC1. The molecule has 3 atom stereocenters. The summed E-state index contributed by atoms with van der Waals surface area (Å²) >= 11 is 0. The summed E-state index contributed by atoms with van der Waals surface area (Å²) in [6.07, 6.45) is 8.93. The van der Waals surface area contributed by atoms with Crippen molar-refractivity contribution in [2.24, 2.45) is 5.92 Å². The quantitative estimate of drug-likeness (QED) is 0.333. The highest BCUT2D eigenvalue weighted by molar-refractivity contribution is 5.93. The van der Waals surface area contributed by atoms with Gasteiger partial charge in [-0.05, 0) is 63.1 Å². The molecule has 0 unspecified atom stereocenters. The second-order valence-electron chi connectivity index (χ2n) is 11.5. The number of amides is 3. The minimum absolute atomic E-state index is 0.00145. The van der Waals surface area contributed by atoms with Gasteiger partial charge in [0.1, 0.15) is 11.7 Å². The fourth-order valence-corrected chi connectivity index (χ4v) is 6.14. The Morgan fingerprint density at radius 2 is 1.91 bits per heavy atom. The molecule has 2 aliphatic heterocycles. The molecular formula is C32H43N7O4. The van der Waals surface area contributed by atoms with Crippen molar-refractivity contribution >= 4 is 23.5 Å². The molecule has 2 fully saturated rings. The number of nitrogens with zero attached hydrogens (tertiary/aromatic N) is 5. The van der Waals surface area contributed by atoms with Gasteiger partial charge in [0.05, 0.1) is 6.04 Å². The van der Waals surface area contributed by atoms with Crippen LogP contribution in [0.3, 0.4) is 0 Å². The largest absolute Gasteiger partial charge is 0.381 e. The maximum absolute atomic E-state index is 14.2. The lowest BCUT2D eigenvalue weighted by Crippen LogP contribution is -2.58. The van der Waals surface area contributed by atoms with Gasteiger partial charge in [-0.2, -0.15) is 0 Å². The summed E-state index contributed by atoms with van der Waals surface area (Å²) in [6.45, 7) is 7.05. The van der Waals surface area contributed by atoms with Crippen molar-refractivity contribution in [2.45, 2.75) is 64.1 Å². The van der Waals surface area contributed by atoms with Crippen molar-refractivity contribution in [2.75, 3.05) is 39.4 Å². The number of fused-ring (bicyclic) bond motifs is 1. The minimum atomic E-state index is -0.629. The van der Waals surface area contributed by atoms with Crippen molar-refractivity contribution in [3.63, 3.8) is 0 Å². The summed E-state index contributed by atoms with van der Waals surface area (Å²) in [5.41, 5.74) is 1.46. The van der Waals surface area contributed by atoms with Crippen LogP contribution < -0.4 is 10.6 Å². The molecule has 2 saturated heterocycles. The van der Waals surface area contributed by atoms with Crippen LogP contribution in [-0.4, -0.2) is 99.4 Å². The third-order valence-corrected chi connectivity index (χ3v) is 8.55. The van der Waals surface area contributed by atoms with Crippen molar-refractivity contribution in [1.82, 2.24) is 34.8 Å². The molecular weight excluding hydrogens is 546 g/mol. The number of likely N-dealkylation sites (N-methyl/N-ethyl adjacent to an activating group) is 1. The molecule has 0 bridgehead atoms. The van der Waals surface area contributed by atoms with Gasteiger partial charge in [-0.15, -0.1) is 0 Å². The average molecular weight is 590 g/mol. The lowest BCUT2D eigenvalue weighted by atomic mass is 9.90. The Balaban J connectivity index is 1.36. The number of likely N-dealkylation sites (tertiary alicyclic amines) is 1. The molecule has 3 aromatic rings. The zero-order valence-electron chi connectivity index (χ0n) is 25.2. The number of carbonyl (C=O) groups is 3. The number of carbonyl (C=O) groups excluding carboxylic acids is 3. The smallest absolute Gasteiger partial charge is 0.274 e. The molecule has 3 amide bonds. The van der Waals surface area contributed by atoms with Gasteiger partial charge in [-0.1, -0.05) is 37.3 Å². The van der Waals surface area contributed by atoms with Gasteiger partial charge in [0.2, 0.25) is 17.6 Å². The Hall–Kier alpha value is -3.83. The van der Waals surface area contributed by atoms with E-state index in [4.69, 9.17) is 4.74 Å². The molecule has 2 aromatic heterocycles. The van der Waals surface area contributed by atoms with Gasteiger partial charge in [0.15, 0.2) is 0 Å². The summed E-state index contributed by atoms with van der Waals surface area (Å²) in [5, 5.41) is 6.23.